The quantitative estimate of drug-likeness (QED) is 0.636. The first-order valence-electron chi connectivity index (χ1n) is 5.80. The molecule has 0 fully saturated rings. The zero-order valence-corrected chi connectivity index (χ0v) is 12.0. The Morgan fingerprint density at radius 3 is 1.80 bits per heavy atom. The molecule has 0 aliphatic rings. The fraction of sp³-hybridized carbons (Fsp3) is 0.714. The molecule has 0 aliphatic carbocycles. The van der Waals surface area contributed by atoms with E-state index < -0.39 is 0 Å². The van der Waals surface area contributed by atoms with E-state index in [1.54, 1.807) is 10.4 Å². The van der Waals surface area contributed by atoms with E-state index >= 15 is 0 Å². The third-order valence-corrected chi connectivity index (χ3v) is 4.38. The minimum atomic E-state index is 0.283. The maximum atomic E-state index is 2.42. The summed E-state index contributed by atoms with van der Waals surface area (Å²) in [5, 5.41) is 0. The minimum Gasteiger partial charge on any atom is -0.145 e. The average molecular weight is 224 g/mol. The lowest BCUT2D eigenvalue weighted by Crippen LogP contribution is -2.12. The highest BCUT2D eigenvalue weighted by molar-refractivity contribution is 7.12. The van der Waals surface area contributed by atoms with Crippen LogP contribution in [0, 0.1) is 0 Å². The molecule has 1 aromatic heterocycles. The van der Waals surface area contributed by atoms with E-state index in [4.69, 9.17) is 0 Å². The zero-order valence-electron chi connectivity index (χ0n) is 11.2. The number of hydrogen-bond acceptors (Lipinski definition) is 1. The van der Waals surface area contributed by atoms with Crippen molar-refractivity contribution in [3.05, 3.63) is 21.4 Å². The van der Waals surface area contributed by atoms with Gasteiger partial charge in [0.05, 0.1) is 0 Å². The van der Waals surface area contributed by atoms with E-state index in [0.29, 0.717) is 0 Å². The first-order chi connectivity index (χ1) is 6.66. The van der Waals surface area contributed by atoms with Crippen molar-refractivity contribution < 1.29 is 0 Å². The lowest BCUT2D eigenvalue weighted by molar-refractivity contribution is 0.578. The van der Waals surface area contributed by atoms with E-state index in [1.165, 1.54) is 4.88 Å². The largest absolute Gasteiger partial charge is 0.145 e. The summed E-state index contributed by atoms with van der Waals surface area (Å²) in [6.07, 6.45) is 1.16. The van der Waals surface area contributed by atoms with Gasteiger partial charge in [0.15, 0.2) is 0 Å². The van der Waals surface area contributed by atoms with Crippen LogP contribution >= 0.6 is 11.3 Å². The highest BCUT2D eigenvalue weighted by Gasteiger charge is 2.24. The smallest absolute Gasteiger partial charge is 0.0105 e. The van der Waals surface area contributed by atoms with Gasteiger partial charge in [-0.05, 0) is 28.9 Å². The van der Waals surface area contributed by atoms with Crippen LogP contribution < -0.4 is 0 Å². The Hall–Kier alpha value is -0.300. The van der Waals surface area contributed by atoms with E-state index in [1.807, 2.05) is 11.3 Å². The fourth-order valence-electron chi connectivity index (χ4n) is 1.70. The molecule has 1 heterocycles. The average Bonchev–Trinajstić information content (AvgIpc) is 2.44. The molecule has 0 radical (unpaired) electrons. The second-order valence-corrected chi connectivity index (χ2v) is 7.44. The van der Waals surface area contributed by atoms with Gasteiger partial charge in [0.1, 0.15) is 0 Å². The summed E-state index contributed by atoms with van der Waals surface area (Å²) in [7, 11) is 0. The molecular weight excluding hydrogens is 200 g/mol. The summed E-state index contributed by atoms with van der Waals surface area (Å²) in [5.41, 5.74) is 2.11. The molecule has 86 valence electrons. The second kappa shape index (κ2) is 3.93. The van der Waals surface area contributed by atoms with Gasteiger partial charge in [-0.15, -0.1) is 11.3 Å². The predicted molar refractivity (Wildman–Crippen MR) is 71.1 cm³/mol. The molecule has 1 aromatic rings. The maximum absolute atomic E-state index is 2.42. The van der Waals surface area contributed by atoms with E-state index in [0.717, 1.165) is 6.42 Å². The molecule has 0 atom stereocenters. The first kappa shape index (κ1) is 12.8. The van der Waals surface area contributed by atoms with Crippen molar-refractivity contribution in [3.8, 4) is 0 Å². The van der Waals surface area contributed by atoms with Crippen LogP contribution in [-0.4, -0.2) is 0 Å². The molecule has 15 heavy (non-hydrogen) atoms. The Kier molecular flexibility index (Phi) is 3.35. The van der Waals surface area contributed by atoms with Crippen molar-refractivity contribution in [1.82, 2.24) is 0 Å². The number of aryl methyl sites for hydroxylation is 1. The topological polar surface area (TPSA) is 0 Å². The molecule has 0 aliphatic heterocycles. The normalized spacial score (nSPS) is 13.3. The maximum Gasteiger partial charge on any atom is 0.0105 e. The van der Waals surface area contributed by atoms with Gasteiger partial charge in [0.2, 0.25) is 0 Å². The first-order valence-corrected chi connectivity index (χ1v) is 6.61. The Bertz CT molecular complexity index is 331. The predicted octanol–water partition coefficient (Wildman–Crippen LogP) is 4.91. The van der Waals surface area contributed by atoms with Crippen molar-refractivity contribution in [2.24, 2.45) is 0 Å². The van der Waals surface area contributed by atoms with Crippen molar-refractivity contribution in [2.45, 2.75) is 65.7 Å². The Morgan fingerprint density at radius 2 is 1.53 bits per heavy atom. The van der Waals surface area contributed by atoms with Crippen LogP contribution in [0.4, 0.5) is 0 Å². The van der Waals surface area contributed by atoms with Crippen LogP contribution in [0.25, 0.3) is 0 Å². The summed E-state index contributed by atoms with van der Waals surface area (Å²) in [6.45, 7) is 16.1. The third kappa shape index (κ3) is 2.84. The Balaban J connectivity index is 3.24. The molecule has 0 bridgehead atoms. The van der Waals surface area contributed by atoms with Gasteiger partial charge >= 0.3 is 0 Å². The monoisotopic (exact) mass is 224 g/mol. The highest BCUT2D eigenvalue weighted by atomic mass is 32.1. The summed E-state index contributed by atoms with van der Waals surface area (Å²) >= 11 is 1.99. The number of hydrogen-bond donors (Lipinski definition) is 0. The van der Waals surface area contributed by atoms with Gasteiger partial charge in [-0.3, -0.25) is 0 Å². The molecule has 0 spiro atoms. The van der Waals surface area contributed by atoms with Crippen LogP contribution in [0.15, 0.2) is 6.07 Å². The van der Waals surface area contributed by atoms with Crippen LogP contribution in [-0.2, 0) is 17.3 Å². The summed E-state index contributed by atoms with van der Waals surface area (Å²) in [6, 6.07) is 2.42. The van der Waals surface area contributed by atoms with E-state index in [2.05, 4.69) is 54.5 Å². The lowest BCUT2D eigenvalue weighted by atomic mass is 9.85. The van der Waals surface area contributed by atoms with Gasteiger partial charge < -0.3 is 0 Å². The molecule has 0 saturated carbocycles. The molecule has 1 heteroatoms. The van der Waals surface area contributed by atoms with Crippen LogP contribution in [0.2, 0.25) is 0 Å². The molecular formula is C14H24S. The summed E-state index contributed by atoms with van der Waals surface area (Å²) in [5.74, 6) is 0. The fourth-order valence-corrected chi connectivity index (χ4v) is 3.06. The molecule has 0 nitrogen and oxygen atoms in total. The SMILES string of the molecule is CCc1sc(C(C)(C)C)cc1C(C)(C)C. The lowest BCUT2D eigenvalue weighted by Gasteiger charge is -2.19. The Morgan fingerprint density at radius 1 is 1.00 bits per heavy atom. The molecule has 0 unspecified atom stereocenters. The Labute approximate surface area is 98.7 Å². The van der Waals surface area contributed by atoms with Gasteiger partial charge in [0, 0.05) is 9.75 Å². The van der Waals surface area contributed by atoms with Crippen LogP contribution in [0.1, 0.15) is 63.8 Å². The number of rotatable bonds is 1. The molecule has 0 aromatic carbocycles. The van der Waals surface area contributed by atoms with Crippen LogP contribution in [0.3, 0.4) is 0 Å². The van der Waals surface area contributed by atoms with E-state index in [9.17, 15) is 0 Å². The van der Waals surface area contributed by atoms with Crippen LogP contribution in [0.5, 0.6) is 0 Å². The number of thiophene rings is 1. The molecule has 1 rings (SSSR count). The van der Waals surface area contributed by atoms with Gasteiger partial charge in [-0.25, -0.2) is 0 Å². The second-order valence-electron chi connectivity index (χ2n) is 6.30. The minimum absolute atomic E-state index is 0.283. The third-order valence-electron chi connectivity index (χ3n) is 2.68. The van der Waals surface area contributed by atoms with Gasteiger partial charge in [-0.2, -0.15) is 0 Å². The van der Waals surface area contributed by atoms with Crippen molar-refractivity contribution >= 4 is 11.3 Å². The molecule has 0 amide bonds. The summed E-state index contributed by atoms with van der Waals surface area (Å²) < 4.78 is 0. The van der Waals surface area contributed by atoms with Crippen molar-refractivity contribution in [3.63, 3.8) is 0 Å². The summed E-state index contributed by atoms with van der Waals surface area (Å²) in [4.78, 5) is 3.08. The standard InChI is InChI=1S/C14H24S/c1-8-11-10(13(2,3)4)9-12(15-11)14(5,6)7/h9H,8H2,1-7H3. The van der Waals surface area contributed by atoms with Gasteiger partial charge in [0.25, 0.3) is 0 Å². The van der Waals surface area contributed by atoms with Gasteiger partial charge in [-0.1, -0.05) is 48.5 Å². The van der Waals surface area contributed by atoms with E-state index in [-0.39, 0.29) is 10.8 Å². The molecule has 0 N–H and O–H groups in total. The zero-order chi connectivity index (χ0) is 11.9. The van der Waals surface area contributed by atoms with Crippen molar-refractivity contribution in [1.29, 1.82) is 0 Å². The van der Waals surface area contributed by atoms with Crippen molar-refractivity contribution in [2.75, 3.05) is 0 Å². The molecule has 0 saturated heterocycles. The highest BCUT2D eigenvalue weighted by Crippen LogP contribution is 2.38.